The van der Waals surface area contributed by atoms with Crippen molar-refractivity contribution in [2.45, 2.75) is 99.8 Å². The highest BCUT2D eigenvalue weighted by molar-refractivity contribution is 5.95. The number of aromatic amines is 1. The number of esters is 4. The summed E-state index contributed by atoms with van der Waals surface area (Å²) in [5.74, 6) is -5.35. The van der Waals surface area contributed by atoms with Crippen molar-refractivity contribution in [3.8, 4) is 11.4 Å². The predicted octanol–water partition coefficient (Wildman–Crippen LogP) is 3.80. The first kappa shape index (κ1) is 44.0. The maximum absolute atomic E-state index is 13.7. The standard InChI is InChI=1S/C40H51N7O12/c1-11-55-38(53)25-21(10)41-40(54)43-26(25)22-12-14-23(15-13-22)30-42-27-31(44-39(46-33(27)49)45-32(48)17(2)3)47(30)34-29(59-37(52)20(8)9)28(58-36(51)19(6)7)24(57-34)16-56-35(50)18(4)5/h12-15,17-20,24,26,28-29,34H,11,16H2,1-10H3,(H2,41,43,54)(H2,44,45,46,48,49)/t24-,26?,28-,29-,34-/m1/s1. The Hall–Kier alpha value is -6.11. The fourth-order valence-electron chi connectivity index (χ4n) is 6.19. The van der Waals surface area contributed by atoms with Crippen molar-refractivity contribution in [2.24, 2.45) is 23.7 Å². The molecule has 4 heterocycles. The highest BCUT2D eigenvalue weighted by atomic mass is 16.7. The molecule has 0 aliphatic carbocycles. The number of carbonyl (C=O) groups excluding carboxylic acids is 6. The summed E-state index contributed by atoms with van der Waals surface area (Å²) >= 11 is 0. The lowest BCUT2D eigenvalue weighted by atomic mass is 9.94. The minimum absolute atomic E-state index is 0.0629. The maximum Gasteiger partial charge on any atom is 0.338 e. The molecule has 2 aliphatic rings. The van der Waals surface area contributed by atoms with E-state index in [-0.39, 0.29) is 35.1 Å². The molecule has 318 valence electrons. The number of benzene rings is 1. The molecule has 0 saturated carbocycles. The fraction of sp³-hybridized carbons (Fsp3) is 0.525. The van der Waals surface area contributed by atoms with Gasteiger partial charge in [0.05, 0.1) is 36.0 Å². The van der Waals surface area contributed by atoms with E-state index in [4.69, 9.17) is 23.7 Å². The lowest BCUT2D eigenvalue weighted by Gasteiger charge is -2.28. The first-order valence-electron chi connectivity index (χ1n) is 19.4. The molecule has 5 atom stereocenters. The third kappa shape index (κ3) is 9.62. The Morgan fingerprint density at radius 2 is 1.44 bits per heavy atom. The lowest BCUT2D eigenvalue weighted by molar-refractivity contribution is -0.173. The molecule has 0 spiro atoms. The minimum Gasteiger partial charge on any atom is -0.463 e. The van der Waals surface area contributed by atoms with Gasteiger partial charge in [0.15, 0.2) is 29.6 Å². The number of urea groups is 1. The Kier molecular flexibility index (Phi) is 13.6. The van der Waals surface area contributed by atoms with Crippen LogP contribution in [0.25, 0.3) is 22.6 Å². The van der Waals surface area contributed by atoms with Crippen LogP contribution in [0.4, 0.5) is 10.7 Å². The number of hydrogen-bond donors (Lipinski definition) is 4. The molecule has 2 aliphatic heterocycles. The van der Waals surface area contributed by atoms with Gasteiger partial charge in [0.1, 0.15) is 18.5 Å². The number of nitrogens with one attached hydrogen (secondary N) is 4. The van der Waals surface area contributed by atoms with E-state index in [1.165, 1.54) is 4.57 Å². The van der Waals surface area contributed by atoms with Gasteiger partial charge in [-0.25, -0.2) is 14.6 Å². The van der Waals surface area contributed by atoms with Crippen molar-refractivity contribution < 1.29 is 52.5 Å². The van der Waals surface area contributed by atoms with Crippen molar-refractivity contribution in [1.29, 1.82) is 0 Å². The molecule has 4 N–H and O–H groups in total. The van der Waals surface area contributed by atoms with Crippen molar-refractivity contribution in [3.63, 3.8) is 0 Å². The molecule has 3 amide bonds. The van der Waals surface area contributed by atoms with Crippen molar-refractivity contribution in [1.82, 2.24) is 30.2 Å². The number of fused-ring (bicyclic) bond motifs is 1. The van der Waals surface area contributed by atoms with E-state index in [0.717, 1.165) is 0 Å². The van der Waals surface area contributed by atoms with Crippen LogP contribution in [0.5, 0.6) is 0 Å². The summed E-state index contributed by atoms with van der Waals surface area (Å²) in [4.78, 5) is 103. The monoisotopic (exact) mass is 821 g/mol. The summed E-state index contributed by atoms with van der Waals surface area (Å²) in [6, 6.07) is 5.10. The number of carbonyl (C=O) groups is 6. The topological polar surface area (TPSA) is 248 Å². The molecule has 2 aromatic heterocycles. The highest BCUT2D eigenvalue weighted by Gasteiger charge is 2.53. The molecule has 19 nitrogen and oxygen atoms in total. The molecule has 1 fully saturated rings. The fourth-order valence-corrected chi connectivity index (χ4v) is 6.19. The predicted molar refractivity (Wildman–Crippen MR) is 210 cm³/mol. The third-order valence-electron chi connectivity index (χ3n) is 9.43. The summed E-state index contributed by atoms with van der Waals surface area (Å²) in [6.45, 7) is 16.0. The second-order valence-corrected chi connectivity index (χ2v) is 15.4. The van der Waals surface area contributed by atoms with Gasteiger partial charge in [-0.05, 0) is 19.4 Å². The first-order valence-corrected chi connectivity index (χ1v) is 19.4. The number of aromatic nitrogens is 4. The zero-order valence-corrected chi connectivity index (χ0v) is 34.7. The summed E-state index contributed by atoms with van der Waals surface area (Å²) in [6.07, 6.45) is -5.35. The molecule has 1 aromatic carbocycles. The highest BCUT2D eigenvalue weighted by Crippen LogP contribution is 2.40. The summed E-state index contributed by atoms with van der Waals surface area (Å²) < 4.78 is 30.7. The number of rotatable bonds is 14. The Balaban J connectivity index is 1.73. The molecule has 5 rings (SSSR count). The minimum atomic E-state index is -1.42. The number of ether oxygens (including phenoxy) is 5. The second kappa shape index (κ2) is 18.2. The van der Waals surface area contributed by atoms with Crippen LogP contribution in [0.3, 0.4) is 0 Å². The van der Waals surface area contributed by atoms with Crippen LogP contribution in [0, 0.1) is 23.7 Å². The second-order valence-electron chi connectivity index (χ2n) is 15.4. The molecule has 0 radical (unpaired) electrons. The maximum atomic E-state index is 13.7. The van der Waals surface area contributed by atoms with Crippen molar-refractivity contribution in [3.05, 3.63) is 51.5 Å². The van der Waals surface area contributed by atoms with Crippen LogP contribution in [0.1, 0.15) is 87.1 Å². The zero-order chi connectivity index (χ0) is 43.5. The van der Waals surface area contributed by atoms with Gasteiger partial charge < -0.3 is 34.3 Å². The number of imidazole rings is 1. The molecule has 1 unspecified atom stereocenters. The van der Waals surface area contributed by atoms with Crippen molar-refractivity contribution >= 4 is 52.9 Å². The Morgan fingerprint density at radius 1 is 0.831 bits per heavy atom. The van der Waals surface area contributed by atoms with Gasteiger partial charge in [-0.15, -0.1) is 0 Å². The van der Waals surface area contributed by atoms with Gasteiger partial charge in [-0.3, -0.25) is 38.8 Å². The van der Waals surface area contributed by atoms with Crippen LogP contribution >= 0.6 is 0 Å². The van der Waals surface area contributed by atoms with Crippen LogP contribution in [-0.4, -0.2) is 86.9 Å². The Morgan fingerprint density at radius 3 is 2.02 bits per heavy atom. The number of nitrogens with zero attached hydrogens (tertiary/aromatic N) is 3. The number of anilines is 1. The van der Waals surface area contributed by atoms with E-state index < -0.39 is 102 Å². The summed E-state index contributed by atoms with van der Waals surface area (Å²) in [5.41, 5.74) is 0.335. The number of hydrogen-bond acceptors (Lipinski definition) is 14. The first-order chi connectivity index (χ1) is 27.8. The molecule has 19 heteroatoms. The van der Waals surface area contributed by atoms with E-state index >= 15 is 0 Å². The lowest BCUT2D eigenvalue weighted by Crippen LogP contribution is -2.45. The third-order valence-corrected chi connectivity index (χ3v) is 9.43. The number of H-pyrrole nitrogens is 1. The average Bonchev–Trinajstić information content (AvgIpc) is 3.70. The van der Waals surface area contributed by atoms with E-state index in [9.17, 15) is 33.6 Å². The zero-order valence-electron chi connectivity index (χ0n) is 34.7. The molecule has 1 saturated heterocycles. The van der Waals surface area contributed by atoms with Crippen LogP contribution in [-0.2, 0) is 47.7 Å². The smallest absolute Gasteiger partial charge is 0.338 e. The normalized spacial score (nSPS) is 20.5. The molecular weight excluding hydrogens is 770 g/mol. The summed E-state index contributed by atoms with van der Waals surface area (Å²) in [5, 5.41) is 7.94. The van der Waals surface area contributed by atoms with E-state index in [1.807, 2.05) is 0 Å². The largest absolute Gasteiger partial charge is 0.463 e. The Labute approximate surface area is 339 Å². The molecule has 3 aromatic rings. The quantitative estimate of drug-likeness (QED) is 0.133. The molecular formula is C40H51N7O12. The van der Waals surface area contributed by atoms with Crippen molar-refractivity contribution in [2.75, 3.05) is 18.5 Å². The van der Waals surface area contributed by atoms with Gasteiger partial charge >= 0.3 is 29.9 Å². The van der Waals surface area contributed by atoms with Crippen LogP contribution < -0.4 is 21.5 Å². The van der Waals surface area contributed by atoms with Gasteiger partial charge in [-0.1, -0.05) is 79.7 Å². The van der Waals surface area contributed by atoms with Gasteiger partial charge in [-0.2, -0.15) is 4.98 Å². The van der Waals surface area contributed by atoms with Gasteiger partial charge in [0.2, 0.25) is 11.9 Å². The SMILES string of the molecule is CCOC(=O)C1=C(C)NC(=O)NC1c1ccc(-c2nc3c(=O)[nH]c(NC(=O)C(C)C)nc3n2[C@@H]2O[C@H](COC(=O)C(C)C)[C@@H](OC(=O)C(C)C)[C@H]2OC(=O)C(C)C)cc1. The Bertz CT molecular complexity index is 2210. The number of amides is 3. The summed E-state index contributed by atoms with van der Waals surface area (Å²) in [7, 11) is 0. The van der Waals surface area contributed by atoms with Gasteiger partial charge in [0.25, 0.3) is 5.56 Å². The molecule has 59 heavy (non-hydrogen) atoms. The van der Waals surface area contributed by atoms with E-state index in [0.29, 0.717) is 16.8 Å². The average molecular weight is 822 g/mol. The van der Waals surface area contributed by atoms with E-state index in [1.54, 1.807) is 93.5 Å². The number of allylic oxidation sites excluding steroid dienone is 1. The van der Waals surface area contributed by atoms with Crippen LogP contribution in [0.2, 0.25) is 0 Å². The molecule has 0 bridgehead atoms. The van der Waals surface area contributed by atoms with E-state index in [2.05, 4.69) is 30.9 Å². The van der Waals surface area contributed by atoms with Crippen LogP contribution in [0.15, 0.2) is 40.3 Å². The van der Waals surface area contributed by atoms with Gasteiger partial charge in [0, 0.05) is 17.2 Å².